The number of carbonyl (C=O) groups is 7. The number of carbonyl (C=O) groups excluding carboxylic acids is 7. The van der Waals surface area contributed by atoms with Gasteiger partial charge >= 0.3 is 5.97 Å². The smallest absolute Gasteiger partial charge is 0.328 e. The third kappa shape index (κ3) is 19.0. The second kappa shape index (κ2) is 30.8. The van der Waals surface area contributed by atoms with E-state index in [0.29, 0.717) is 30.9 Å². The van der Waals surface area contributed by atoms with E-state index in [1.165, 1.54) is 47.0 Å². The molecule has 0 radical (unpaired) electrons. The van der Waals surface area contributed by atoms with E-state index >= 15 is 0 Å². The molecule has 2 aliphatic rings. The molecule has 2 aliphatic heterocycles. The standard InChI is InChI=1S/C54H72BrN7O13/c1-37(2)43(52(41-14-18-45-46(30-41)75-36-74-45)58-53(68)38(3)56-31-40-10-8-7-9-11-40)17-19-48(64)61(24-28-71-5)34-51(67)62(25-29-72-6)35-49(65)59(22-20-39-12-15-42(55)16-13-39)33-50(66)60(23-27-70-4)32-47(63)57-44-21-26-73-54(44)69/h7-19,30,37-38,43-44,52,56H,20-29,31-36H2,1-6H3,(H,57,63)(H,58,68)/b19-17+/t38-,43-,44-,52+/m0/s1. The van der Waals surface area contributed by atoms with Gasteiger partial charge in [0.25, 0.3) is 0 Å². The molecule has 0 aromatic heterocycles. The molecule has 0 spiro atoms. The van der Waals surface area contributed by atoms with Crippen molar-refractivity contribution in [2.75, 3.05) is 107 Å². The van der Waals surface area contributed by atoms with E-state index < -0.39 is 85.7 Å². The van der Waals surface area contributed by atoms with Crippen LogP contribution < -0.4 is 25.4 Å². The number of rotatable bonds is 31. The van der Waals surface area contributed by atoms with Gasteiger partial charge in [0, 0.05) is 70.9 Å². The molecule has 75 heavy (non-hydrogen) atoms. The number of ether oxygens (including phenoxy) is 6. The van der Waals surface area contributed by atoms with Crippen molar-refractivity contribution < 1.29 is 62.0 Å². The minimum absolute atomic E-state index is 0.0162. The van der Waals surface area contributed by atoms with E-state index in [2.05, 4.69) is 31.9 Å². The van der Waals surface area contributed by atoms with Crippen molar-refractivity contribution in [3.05, 3.63) is 106 Å². The fourth-order valence-corrected chi connectivity index (χ4v) is 8.52. The van der Waals surface area contributed by atoms with Crippen molar-refractivity contribution in [2.24, 2.45) is 11.8 Å². The Kier molecular flexibility index (Phi) is 24.5. The normalized spacial score (nSPS) is 15.0. The average molecular weight is 1110 g/mol. The highest BCUT2D eigenvalue weighted by Crippen LogP contribution is 2.38. The first-order valence-electron chi connectivity index (χ1n) is 25.1. The lowest BCUT2D eigenvalue weighted by Gasteiger charge is -2.31. The van der Waals surface area contributed by atoms with Crippen LogP contribution in [0.4, 0.5) is 0 Å². The van der Waals surface area contributed by atoms with Gasteiger partial charge in [0.2, 0.25) is 42.2 Å². The maximum absolute atomic E-state index is 14.5. The molecule has 0 saturated carbocycles. The number of hydrogen-bond acceptors (Lipinski definition) is 14. The van der Waals surface area contributed by atoms with E-state index in [0.717, 1.165) is 21.2 Å². The molecule has 3 aromatic rings. The lowest BCUT2D eigenvalue weighted by molar-refractivity contribution is -0.147. The Hall–Kier alpha value is -6.39. The second-order valence-electron chi connectivity index (χ2n) is 18.5. The highest BCUT2D eigenvalue weighted by molar-refractivity contribution is 9.10. The van der Waals surface area contributed by atoms with E-state index in [1.54, 1.807) is 19.1 Å². The summed E-state index contributed by atoms with van der Waals surface area (Å²) in [5.41, 5.74) is 2.64. The summed E-state index contributed by atoms with van der Waals surface area (Å²) in [6.07, 6.45) is 3.79. The Bertz CT molecular complexity index is 2390. The first kappa shape index (κ1) is 59.5. The maximum Gasteiger partial charge on any atom is 0.328 e. The second-order valence-corrected chi connectivity index (χ2v) is 19.4. The lowest BCUT2D eigenvalue weighted by Crippen LogP contribution is -2.52. The van der Waals surface area contributed by atoms with Gasteiger partial charge in [-0.25, -0.2) is 4.79 Å². The summed E-state index contributed by atoms with van der Waals surface area (Å²) in [5.74, 6) is -3.03. The summed E-state index contributed by atoms with van der Waals surface area (Å²) >= 11 is 3.44. The molecular formula is C54H72BrN7O13. The Morgan fingerprint density at radius 1 is 0.707 bits per heavy atom. The van der Waals surface area contributed by atoms with Crippen LogP contribution in [0.2, 0.25) is 0 Å². The first-order chi connectivity index (χ1) is 36.1. The van der Waals surface area contributed by atoms with Crippen LogP contribution in [0.25, 0.3) is 0 Å². The number of cyclic esters (lactones) is 1. The van der Waals surface area contributed by atoms with Crippen LogP contribution in [-0.2, 0) is 65.5 Å². The predicted octanol–water partition coefficient (Wildman–Crippen LogP) is 3.27. The predicted molar refractivity (Wildman–Crippen MR) is 281 cm³/mol. The molecule has 3 N–H and O–H groups in total. The summed E-state index contributed by atoms with van der Waals surface area (Å²) in [6.45, 7) is 5.05. The molecule has 0 bridgehead atoms. The number of halogens is 1. The van der Waals surface area contributed by atoms with Crippen LogP contribution in [0.15, 0.2) is 89.4 Å². The molecular weight excluding hydrogens is 1030 g/mol. The van der Waals surface area contributed by atoms with E-state index in [-0.39, 0.29) is 71.2 Å². The number of methoxy groups -OCH3 is 3. The number of benzene rings is 3. The van der Waals surface area contributed by atoms with Crippen molar-refractivity contribution >= 4 is 57.3 Å². The fraction of sp³-hybridized carbons (Fsp3) is 0.500. The SMILES string of the molecule is COCCN(CC(=O)N(CCOC)CC(=O)N(CCc1ccc(Br)cc1)CC(=O)N(CCOC)CC(=O)N[C@H]1CCOC1=O)C(=O)/C=C/[C@@H](C(C)C)[C@H](NC(=O)[C@H](C)NCc1ccccc1)c1ccc2c(c1)OCO2. The highest BCUT2D eigenvalue weighted by Gasteiger charge is 2.32. The van der Waals surface area contributed by atoms with Gasteiger partial charge < -0.3 is 64.0 Å². The molecule has 0 unspecified atom stereocenters. The number of fused-ring (bicyclic) bond motifs is 1. The molecule has 4 atom stereocenters. The Balaban J connectivity index is 1.35. The molecule has 20 nitrogen and oxygen atoms in total. The molecule has 5 rings (SSSR count). The van der Waals surface area contributed by atoms with E-state index in [4.69, 9.17) is 28.4 Å². The van der Waals surface area contributed by atoms with Crippen LogP contribution >= 0.6 is 15.9 Å². The van der Waals surface area contributed by atoms with Gasteiger partial charge in [-0.1, -0.05) is 84.4 Å². The molecule has 408 valence electrons. The van der Waals surface area contributed by atoms with Crippen LogP contribution in [0.3, 0.4) is 0 Å². The molecule has 1 fully saturated rings. The Morgan fingerprint density at radius 2 is 1.29 bits per heavy atom. The Labute approximate surface area is 447 Å². The third-order valence-corrected chi connectivity index (χ3v) is 13.3. The number of amides is 6. The quantitative estimate of drug-likeness (QED) is 0.0622. The largest absolute Gasteiger partial charge is 0.464 e. The molecule has 3 aromatic carbocycles. The molecule has 1 saturated heterocycles. The van der Waals surface area contributed by atoms with Gasteiger partial charge in [-0.15, -0.1) is 0 Å². The minimum Gasteiger partial charge on any atom is -0.464 e. The van der Waals surface area contributed by atoms with Gasteiger partial charge in [0.1, 0.15) is 12.6 Å². The fourth-order valence-electron chi connectivity index (χ4n) is 8.26. The average Bonchev–Trinajstić information content (AvgIpc) is 4.05. The molecule has 2 heterocycles. The van der Waals surface area contributed by atoms with E-state index in [9.17, 15) is 33.6 Å². The summed E-state index contributed by atoms with van der Waals surface area (Å²) in [5, 5.41) is 9.14. The summed E-state index contributed by atoms with van der Waals surface area (Å²) < 4.78 is 33.0. The monoisotopic (exact) mass is 1110 g/mol. The van der Waals surface area contributed by atoms with Gasteiger partial charge in [0.05, 0.1) is 58.1 Å². The highest BCUT2D eigenvalue weighted by atomic mass is 79.9. The summed E-state index contributed by atoms with van der Waals surface area (Å²) in [7, 11) is 4.39. The van der Waals surface area contributed by atoms with Crippen LogP contribution in [-0.4, -0.2) is 180 Å². The lowest BCUT2D eigenvalue weighted by atomic mass is 9.83. The first-order valence-corrected chi connectivity index (χ1v) is 25.8. The summed E-state index contributed by atoms with van der Waals surface area (Å²) in [4.78, 5) is 101. The van der Waals surface area contributed by atoms with Crippen molar-refractivity contribution in [3.8, 4) is 11.5 Å². The van der Waals surface area contributed by atoms with Crippen LogP contribution in [0.5, 0.6) is 11.5 Å². The zero-order valence-electron chi connectivity index (χ0n) is 43.8. The van der Waals surface area contributed by atoms with Crippen molar-refractivity contribution in [2.45, 2.75) is 58.3 Å². The maximum atomic E-state index is 14.5. The van der Waals surface area contributed by atoms with Crippen LogP contribution in [0.1, 0.15) is 49.9 Å². The van der Waals surface area contributed by atoms with E-state index in [1.807, 2.05) is 80.6 Å². The molecule has 21 heteroatoms. The van der Waals surface area contributed by atoms with Gasteiger partial charge in [-0.05, 0) is 66.3 Å². The Morgan fingerprint density at radius 3 is 1.89 bits per heavy atom. The van der Waals surface area contributed by atoms with Crippen molar-refractivity contribution in [1.82, 2.24) is 35.6 Å². The van der Waals surface area contributed by atoms with Crippen molar-refractivity contribution in [3.63, 3.8) is 0 Å². The number of hydrogen-bond donors (Lipinski definition) is 3. The van der Waals surface area contributed by atoms with Gasteiger partial charge in [-0.2, -0.15) is 0 Å². The number of nitrogens with zero attached hydrogens (tertiary/aromatic N) is 4. The van der Waals surface area contributed by atoms with Crippen LogP contribution in [0, 0.1) is 11.8 Å². The topological polar surface area (TPSA) is 224 Å². The van der Waals surface area contributed by atoms with Gasteiger partial charge in [0.15, 0.2) is 11.5 Å². The van der Waals surface area contributed by atoms with Gasteiger partial charge in [-0.3, -0.25) is 28.8 Å². The number of nitrogens with one attached hydrogen (secondary N) is 3. The van der Waals surface area contributed by atoms with Crippen molar-refractivity contribution in [1.29, 1.82) is 0 Å². The number of esters is 1. The molecule has 6 amide bonds. The minimum atomic E-state index is -0.827. The zero-order chi connectivity index (χ0) is 54.3. The summed E-state index contributed by atoms with van der Waals surface area (Å²) in [6, 6.07) is 20.7. The third-order valence-electron chi connectivity index (χ3n) is 12.8. The zero-order valence-corrected chi connectivity index (χ0v) is 45.3. The molecule has 0 aliphatic carbocycles.